The Hall–Kier alpha value is -0.780. The molecule has 1 rings (SSSR count). The van der Waals surface area contributed by atoms with Gasteiger partial charge in [0, 0.05) is 17.1 Å². The van der Waals surface area contributed by atoms with E-state index in [4.69, 9.17) is 16.7 Å². The molecule has 1 aromatic carbocycles. The molecule has 0 fully saturated rings. The molecule has 0 heterocycles. The first-order chi connectivity index (χ1) is 8.43. The van der Waals surface area contributed by atoms with Crippen molar-refractivity contribution in [3.63, 3.8) is 0 Å². The largest absolute Gasteiger partial charge is 0.396 e. The highest BCUT2D eigenvalue weighted by atomic mass is 79.9. The molecule has 0 spiro atoms. The van der Waals surface area contributed by atoms with Gasteiger partial charge in [-0.05, 0) is 31.0 Å². The van der Waals surface area contributed by atoms with E-state index < -0.39 is 0 Å². The number of aliphatic hydroxyl groups excluding tert-OH is 1. The van der Waals surface area contributed by atoms with Crippen molar-refractivity contribution in [1.29, 1.82) is 0 Å². The molecule has 2 atom stereocenters. The molecule has 6 heteroatoms. The molecule has 100 valence electrons. The first-order valence-corrected chi connectivity index (χ1v) is 6.74. The first-order valence-electron chi connectivity index (χ1n) is 5.57. The minimum absolute atomic E-state index is 0.00357. The number of anilines is 1. The fourth-order valence-electron chi connectivity index (χ4n) is 1.26. The smallest absolute Gasteiger partial charge is 0.319 e. The van der Waals surface area contributed by atoms with Crippen LogP contribution in [0.1, 0.15) is 13.8 Å². The maximum atomic E-state index is 11.7. The molecule has 2 amide bonds. The summed E-state index contributed by atoms with van der Waals surface area (Å²) in [5.74, 6) is -0.00357. The van der Waals surface area contributed by atoms with E-state index in [-0.39, 0.29) is 24.6 Å². The van der Waals surface area contributed by atoms with Crippen molar-refractivity contribution < 1.29 is 9.90 Å². The number of benzene rings is 1. The standard InChI is InChI=1S/C12H16BrClN2O2/c1-7(6-17)8(2)15-12(18)16-11-4-3-9(13)5-10(11)14/h3-5,7-8,17H,6H2,1-2H3,(H2,15,16,18). The van der Waals surface area contributed by atoms with Crippen LogP contribution in [0.4, 0.5) is 10.5 Å². The average molecular weight is 336 g/mol. The van der Waals surface area contributed by atoms with Gasteiger partial charge in [-0.25, -0.2) is 4.79 Å². The van der Waals surface area contributed by atoms with Crippen molar-refractivity contribution in [2.24, 2.45) is 5.92 Å². The number of nitrogens with one attached hydrogen (secondary N) is 2. The van der Waals surface area contributed by atoms with E-state index in [1.165, 1.54) is 0 Å². The van der Waals surface area contributed by atoms with Gasteiger partial charge in [-0.1, -0.05) is 34.5 Å². The van der Waals surface area contributed by atoms with Gasteiger partial charge in [0.1, 0.15) is 0 Å². The van der Waals surface area contributed by atoms with Crippen molar-refractivity contribution in [2.75, 3.05) is 11.9 Å². The number of carbonyl (C=O) groups excluding carboxylic acids is 1. The Kier molecular flexibility index (Phi) is 5.91. The lowest BCUT2D eigenvalue weighted by atomic mass is 10.1. The highest BCUT2D eigenvalue weighted by Gasteiger charge is 2.14. The van der Waals surface area contributed by atoms with Crippen LogP contribution in [0.25, 0.3) is 0 Å². The van der Waals surface area contributed by atoms with E-state index in [0.717, 1.165) is 4.47 Å². The van der Waals surface area contributed by atoms with E-state index in [1.807, 2.05) is 13.8 Å². The zero-order valence-electron chi connectivity index (χ0n) is 10.2. The summed E-state index contributed by atoms with van der Waals surface area (Å²) >= 11 is 9.28. The molecule has 2 unspecified atom stereocenters. The fraction of sp³-hybridized carbons (Fsp3) is 0.417. The fourth-order valence-corrected chi connectivity index (χ4v) is 1.98. The summed E-state index contributed by atoms with van der Waals surface area (Å²) in [6, 6.07) is 4.75. The number of amides is 2. The number of aliphatic hydroxyl groups is 1. The molecule has 0 aromatic heterocycles. The highest BCUT2D eigenvalue weighted by molar-refractivity contribution is 9.10. The van der Waals surface area contributed by atoms with E-state index >= 15 is 0 Å². The van der Waals surface area contributed by atoms with Gasteiger partial charge in [-0.3, -0.25) is 0 Å². The van der Waals surface area contributed by atoms with Crippen molar-refractivity contribution in [2.45, 2.75) is 19.9 Å². The first kappa shape index (κ1) is 15.3. The van der Waals surface area contributed by atoms with Crippen molar-refractivity contribution in [3.8, 4) is 0 Å². The molecule has 0 saturated carbocycles. The van der Waals surface area contributed by atoms with Gasteiger partial charge in [-0.2, -0.15) is 0 Å². The van der Waals surface area contributed by atoms with E-state index in [1.54, 1.807) is 18.2 Å². The third-order valence-electron chi connectivity index (χ3n) is 2.68. The molecule has 0 radical (unpaired) electrons. The van der Waals surface area contributed by atoms with Gasteiger partial charge in [-0.15, -0.1) is 0 Å². The van der Waals surface area contributed by atoms with E-state index in [0.29, 0.717) is 10.7 Å². The van der Waals surface area contributed by atoms with E-state index in [9.17, 15) is 4.79 Å². The maximum Gasteiger partial charge on any atom is 0.319 e. The summed E-state index contributed by atoms with van der Waals surface area (Å²) in [6.07, 6.45) is 0. The van der Waals surface area contributed by atoms with Crippen LogP contribution in [-0.2, 0) is 0 Å². The molecule has 18 heavy (non-hydrogen) atoms. The van der Waals surface area contributed by atoms with Crippen LogP contribution in [0.5, 0.6) is 0 Å². The van der Waals surface area contributed by atoms with Crippen LogP contribution in [0.15, 0.2) is 22.7 Å². The monoisotopic (exact) mass is 334 g/mol. The summed E-state index contributed by atoms with van der Waals surface area (Å²) in [6.45, 7) is 3.72. The molecule has 0 aliphatic heterocycles. The predicted molar refractivity (Wildman–Crippen MR) is 77.0 cm³/mol. The van der Waals surface area contributed by atoms with Gasteiger partial charge in [0.2, 0.25) is 0 Å². The Morgan fingerprint density at radius 2 is 2.17 bits per heavy atom. The van der Waals surface area contributed by atoms with Gasteiger partial charge < -0.3 is 15.7 Å². The van der Waals surface area contributed by atoms with Crippen LogP contribution in [0.3, 0.4) is 0 Å². The lowest BCUT2D eigenvalue weighted by molar-refractivity contribution is 0.204. The lowest BCUT2D eigenvalue weighted by Crippen LogP contribution is -2.40. The van der Waals surface area contributed by atoms with Crippen molar-refractivity contribution in [3.05, 3.63) is 27.7 Å². The van der Waals surface area contributed by atoms with Gasteiger partial charge in [0.15, 0.2) is 0 Å². The summed E-state index contributed by atoms with van der Waals surface area (Å²) in [5, 5.41) is 14.8. The van der Waals surface area contributed by atoms with E-state index in [2.05, 4.69) is 26.6 Å². The van der Waals surface area contributed by atoms with Crippen LogP contribution in [0.2, 0.25) is 5.02 Å². The Balaban J connectivity index is 2.59. The molecular weight excluding hydrogens is 320 g/mol. The number of hydrogen-bond acceptors (Lipinski definition) is 2. The second-order valence-electron chi connectivity index (χ2n) is 4.17. The highest BCUT2D eigenvalue weighted by Crippen LogP contribution is 2.25. The Morgan fingerprint density at radius 1 is 1.50 bits per heavy atom. The van der Waals surface area contributed by atoms with Crippen molar-refractivity contribution >= 4 is 39.2 Å². The molecular formula is C12H16BrClN2O2. The lowest BCUT2D eigenvalue weighted by Gasteiger charge is -2.19. The minimum atomic E-state index is -0.341. The normalized spacial score (nSPS) is 13.8. The molecule has 0 aliphatic carbocycles. The molecule has 0 aliphatic rings. The number of halogens is 2. The van der Waals surface area contributed by atoms with Crippen LogP contribution < -0.4 is 10.6 Å². The second kappa shape index (κ2) is 6.97. The topological polar surface area (TPSA) is 61.4 Å². The Morgan fingerprint density at radius 3 is 2.72 bits per heavy atom. The Bertz CT molecular complexity index is 429. The summed E-state index contributed by atoms with van der Waals surface area (Å²) in [4.78, 5) is 11.7. The van der Waals surface area contributed by atoms with Crippen LogP contribution in [-0.4, -0.2) is 23.8 Å². The molecule has 4 nitrogen and oxygen atoms in total. The quantitative estimate of drug-likeness (QED) is 0.791. The number of urea groups is 1. The Labute approximate surface area is 120 Å². The van der Waals surface area contributed by atoms with Gasteiger partial charge in [0.25, 0.3) is 0 Å². The molecule has 1 aromatic rings. The molecule has 0 bridgehead atoms. The zero-order valence-corrected chi connectivity index (χ0v) is 12.5. The predicted octanol–water partition coefficient (Wildman–Crippen LogP) is 3.24. The SMILES string of the molecule is CC(CO)C(C)NC(=O)Nc1ccc(Br)cc1Cl. The third kappa shape index (κ3) is 4.48. The molecule has 0 saturated heterocycles. The van der Waals surface area contributed by atoms with Gasteiger partial charge in [0.05, 0.1) is 10.7 Å². The number of carbonyl (C=O) groups is 1. The maximum absolute atomic E-state index is 11.7. The number of rotatable bonds is 4. The molecule has 3 N–H and O–H groups in total. The third-order valence-corrected chi connectivity index (χ3v) is 3.49. The van der Waals surface area contributed by atoms with Crippen molar-refractivity contribution in [1.82, 2.24) is 5.32 Å². The summed E-state index contributed by atoms with van der Waals surface area (Å²) in [5.41, 5.74) is 0.543. The van der Waals surface area contributed by atoms with Gasteiger partial charge >= 0.3 is 6.03 Å². The number of hydrogen-bond donors (Lipinski definition) is 3. The summed E-state index contributed by atoms with van der Waals surface area (Å²) in [7, 11) is 0. The average Bonchev–Trinajstić information content (AvgIpc) is 2.31. The minimum Gasteiger partial charge on any atom is -0.396 e. The zero-order chi connectivity index (χ0) is 13.7. The van der Waals surface area contributed by atoms with Crippen LogP contribution in [0, 0.1) is 5.92 Å². The second-order valence-corrected chi connectivity index (χ2v) is 5.49. The van der Waals surface area contributed by atoms with Crippen LogP contribution >= 0.6 is 27.5 Å². The summed E-state index contributed by atoms with van der Waals surface area (Å²) < 4.78 is 0.848.